The quantitative estimate of drug-likeness (QED) is 0.388. The summed E-state index contributed by atoms with van der Waals surface area (Å²) in [6.07, 6.45) is 1.45. The van der Waals surface area contributed by atoms with Gasteiger partial charge in [0.25, 0.3) is 0 Å². The molecular formula is C13H6Cl4N4O. The average Bonchev–Trinajstić information content (AvgIpc) is 2.82. The zero-order chi connectivity index (χ0) is 15.9. The van der Waals surface area contributed by atoms with E-state index >= 15 is 0 Å². The number of carbonyl (C=O) groups is 1. The third kappa shape index (κ3) is 2.90. The Balaban J connectivity index is 1.98. The van der Waals surface area contributed by atoms with Crippen LogP contribution in [0.2, 0.25) is 20.5 Å². The number of Topliss-reactive ketones (excluding diaryl/α,β-unsaturated/α-hetero) is 1. The van der Waals surface area contributed by atoms with Crippen molar-refractivity contribution in [3.63, 3.8) is 0 Å². The molecule has 112 valence electrons. The van der Waals surface area contributed by atoms with E-state index in [1.165, 1.54) is 17.0 Å². The molecular weight excluding hydrogens is 370 g/mol. The minimum absolute atomic E-state index is 0.0124. The zero-order valence-electron chi connectivity index (χ0n) is 10.7. The number of carbonyl (C=O) groups excluding carboxylic acids is 1. The van der Waals surface area contributed by atoms with Gasteiger partial charge in [0, 0.05) is 10.6 Å². The molecule has 0 spiro atoms. The Bertz CT molecular complexity index is 893. The fourth-order valence-corrected chi connectivity index (χ4v) is 2.89. The molecule has 1 aromatic carbocycles. The van der Waals surface area contributed by atoms with Crippen LogP contribution in [-0.4, -0.2) is 25.3 Å². The van der Waals surface area contributed by atoms with Crippen molar-refractivity contribution in [2.24, 2.45) is 0 Å². The van der Waals surface area contributed by atoms with Crippen LogP contribution >= 0.6 is 46.4 Å². The van der Waals surface area contributed by atoms with Gasteiger partial charge in [0.2, 0.25) is 5.28 Å². The van der Waals surface area contributed by atoms with Gasteiger partial charge in [-0.15, -0.1) is 0 Å². The van der Waals surface area contributed by atoms with E-state index in [1.54, 1.807) is 12.1 Å². The number of hydrogen-bond acceptors (Lipinski definition) is 4. The lowest BCUT2D eigenvalue weighted by Gasteiger charge is -2.06. The molecule has 0 unspecified atom stereocenters. The lowest BCUT2D eigenvalue weighted by atomic mass is 10.1. The van der Waals surface area contributed by atoms with E-state index < -0.39 is 0 Å². The Morgan fingerprint density at radius 1 is 1.14 bits per heavy atom. The fraction of sp³-hybridized carbons (Fsp3) is 0.0769. The van der Waals surface area contributed by atoms with Crippen molar-refractivity contribution >= 4 is 63.4 Å². The predicted molar refractivity (Wildman–Crippen MR) is 86.1 cm³/mol. The first kappa shape index (κ1) is 15.5. The fourth-order valence-electron chi connectivity index (χ4n) is 1.96. The summed E-state index contributed by atoms with van der Waals surface area (Å²) in [6.45, 7) is -0.0124. The molecule has 0 aliphatic heterocycles. The Labute approximate surface area is 144 Å². The molecule has 0 aliphatic rings. The first-order valence-corrected chi connectivity index (χ1v) is 7.49. The number of imidazole rings is 1. The molecule has 0 saturated carbocycles. The molecule has 0 fully saturated rings. The maximum atomic E-state index is 12.4. The van der Waals surface area contributed by atoms with Crippen LogP contribution in [0.1, 0.15) is 10.4 Å². The van der Waals surface area contributed by atoms with Crippen molar-refractivity contribution in [2.45, 2.75) is 6.54 Å². The van der Waals surface area contributed by atoms with Crippen LogP contribution in [0.5, 0.6) is 0 Å². The molecule has 0 saturated heterocycles. The van der Waals surface area contributed by atoms with Crippen molar-refractivity contribution in [1.29, 1.82) is 0 Å². The third-order valence-electron chi connectivity index (χ3n) is 2.94. The standard InChI is InChI=1S/C13H6Cl4N4O/c14-6-1-2-7(8(15)3-6)9(22)4-21-5-18-10-11(16)19-13(17)20-12(10)21/h1-3,5H,4H2. The van der Waals surface area contributed by atoms with Gasteiger partial charge in [-0.3, -0.25) is 4.79 Å². The minimum atomic E-state index is -0.216. The summed E-state index contributed by atoms with van der Waals surface area (Å²) < 4.78 is 1.53. The molecule has 0 atom stereocenters. The Hall–Kier alpha value is -1.40. The van der Waals surface area contributed by atoms with Crippen molar-refractivity contribution < 1.29 is 4.79 Å². The maximum Gasteiger partial charge on any atom is 0.225 e. The number of aromatic nitrogens is 4. The monoisotopic (exact) mass is 374 g/mol. The molecule has 3 rings (SSSR count). The second-order valence-electron chi connectivity index (χ2n) is 4.38. The van der Waals surface area contributed by atoms with Crippen LogP contribution in [0.15, 0.2) is 24.5 Å². The summed E-state index contributed by atoms with van der Waals surface area (Å²) in [5, 5.41) is 0.857. The highest BCUT2D eigenvalue weighted by Gasteiger charge is 2.16. The summed E-state index contributed by atoms with van der Waals surface area (Å²) >= 11 is 23.6. The number of fused-ring (bicyclic) bond motifs is 1. The van der Waals surface area contributed by atoms with E-state index in [0.717, 1.165) is 0 Å². The van der Waals surface area contributed by atoms with Gasteiger partial charge >= 0.3 is 0 Å². The van der Waals surface area contributed by atoms with Gasteiger partial charge in [-0.1, -0.05) is 34.8 Å². The van der Waals surface area contributed by atoms with Gasteiger partial charge in [0.1, 0.15) is 5.52 Å². The first-order chi connectivity index (χ1) is 10.5. The van der Waals surface area contributed by atoms with E-state index in [2.05, 4.69) is 15.0 Å². The van der Waals surface area contributed by atoms with Gasteiger partial charge in [0.15, 0.2) is 16.6 Å². The average molecular weight is 376 g/mol. The van der Waals surface area contributed by atoms with E-state index in [1.807, 2.05) is 0 Å². The third-order valence-corrected chi connectivity index (χ3v) is 3.92. The lowest BCUT2D eigenvalue weighted by molar-refractivity contribution is 0.0973. The van der Waals surface area contributed by atoms with Crippen LogP contribution < -0.4 is 0 Å². The molecule has 2 heterocycles. The van der Waals surface area contributed by atoms with Crippen molar-refractivity contribution in [1.82, 2.24) is 19.5 Å². The number of halogens is 4. The van der Waals surface area contributed by atoms with Crippen molar-refractivity contribution in [3.05, 3.63) is 50.6 Å². The largest absolute Gasteiger partial charge is 0.307 e. The summed E-state index contributed by atoms with van der Waals surface area (Å²) in [5.74, 6) is -0.216. The molecule has 0 aliphatic carbocycles. The molecule has 0 radical (unpaired) electrons. The van der Waals surface area contributed by atoms with Crippen LogP contribution in [0.25, 0.3) is 11.2 Å². The van der Waals surface area contributed by atoms with E-state index in [-0.39, 0.29) is 27.8 Å². The number of ketones is 1. The smallest absolute Gasteiger partial charge is 0.225 e. The zero-order valence-corrected chi connectivity index (χ0v) is 13.7. The molecule has 22 heavy (non-hydrogen) atoms. The van der Waals surface area contributed by atoms with Gasteiger partial charge in [-0.25, -0.2) is 9.97 Å². The summed E-state index contributed by atoms with van der Waals surface area (Å²) in [5.41, 5.74) is 1.11. The van der Waals surface area contributed by atoms with E-state index in [0.29, 0.717) is 21.7 Å². The molecule has 0 bridgehead atoms. The van der Waals surface area contributed by atoms with Crippen LogP contribution in [-0.2, 0) is 6.54 Å². The van der Waals surface area contributed by atoms with Gasteiger partial charge < -0.3 is 4.57 Å². The maximum absolute atomic E-state index is 12.4. The number of benzene rings is 1. The molecule has 0 amide bonds. The summed E-state index contributed by atoms with van der Waals surface area (Å²) in [7, 11) is 0. The highest BCUT2D eigenvalue weighted by Crippen LogP contribution is 2.24. The normalized spacial score (nSPS) is 11.1. The van der Waals surface area contributed by atoms with Gasteiger partial charge in [-0.05, 0) is 29.8 Å². The molecule has 2 aromatic heterocycles. The second kappa shape index (κ2) is 6.01. The van der Waals surface area contributed by atoms with Crippen LogP contribution in [0, 0.1) is 0 Å². The number of hydrogen-bond donors (Lipinski definition) is 0. The van der Waals surface area contributed by atoms with E-state index in [9.17, 15) is 4.79 Å². The molecule has 0 N–H and O–H groups in total. The lowest BCUT2D eigenvalue weighted by Crippen LogP contribution is -2.10. The summed E-state index contributed by atoms with van der Waals surface area (Å²) in [4.78, 5) is 24.3. The highest BCUT2D eigenvalue weighted by atomic mass is 35.5. The highest BCUT2D eigenvalue weighted by molar-refractivity contribution is 6.37. The van der Waals surface area contributed by atoms with Crippen LogP contribution in [0.3, 0.4) is 0 Å². The van der Waals surface area contributed by atoms with Crippen molar-refractivity contribution in [2.75, 3.05) is 0 Å². The Kier molecular flexibility index (Phi) is 4.23. The second-order valence-corrected chi connectivity index (χ2v) is 5.92. The van der Waals surface area contributed by atoms with Crippen molar-refractivity contribution in [3.8, 4) is 0 Å². The van der Waals surface area contributed by atoms with Crippen LogP contribution in [0.4, 0.5) is 0 Å². The summed E-state index contributed by atoms with van der Waals surface area (Å²) in [6, 6.07) is 4.68. The Morgan fingerprint density at radius 2 is 1.91 bits per heavy atom. The molecule has 3 aromatic rings. The Morgan fingerprint density at radius 3 is 2.64 bits per heavy atom. The molecule has 9 heteroatoms. The number of rotatable bonds is 3. The topological polar surface area (TPSA) is 60.7 Å². The SMILES string of the molecule is O=C(Cn1cnc2c(Cl)nc(Cl)nc21)c1ccc(Cl)cc1Cl. The van der Waals surface area contributed by atoms with Gasteiger partial charge in [0.05, 0.1) is 17.9 Å². The number of nitrogens with zero attached hydrogens (tertiary/aromatic N) is 4. The minimum Gasteiger partial charge on any atom is -0.307 e. The van der Waals surface area contributed by atoms with Gasteiger partial charge in [-0.2, -0.15) is 4.98 Å². The molecule has 5 nitrogen and oxygen atoms in total. The van der Waals surface area contributed by atoms with E-state index in [4.69, 9.17) is 46.4 Å². The first-order valence-electron chi connectivity index (χ1n) is 5.98. The predicted octanol–water partition coefficient (Wildman–Crippen LogP) is 4.32.